The monoisotopic (exact) mass is 317 g/mol. The summed E-state index contributed by atoms with van der Waals surface area (Å²) in [6.07, 6.45) is 4.94. The van der Waals surface area contributed by atoms with Crippen LogP contribution in [0.4, 0.5) is 11.4 Å². The highest BCUT2D eigenvalue weighted by atomic mass is 79.9. The average Bonchev–Trinajstić information content (AvgIpc) is 2.33. The van der Waals surface area contributed by atoms with E-state index in [0.29, 0.717) is 16.2 Å². The second kappa shape index (κ2) is 5.68. The Morgan fingerprint density at radius 1 is 1.47 bits per heavy atom. The van der Waals surface area contributed by atoms with Crippen LogP contribution >= 0.6 is 27.7 Å². The molecule has 0 saturated carbocycles. The highest BCUT2D eigenvalue weighted by Gasteiger charge is 2.21. The molecule has 17 heavy (non-hydrogen) atoms. The van der Waals surface area contributed by atoms with Gasteiger partial charge in [-0.2, -0.15) is 11.8 Å². The Labute approximate surface area is 112 Å². The number of nitro groups is 1. The average molecular weight is 318 g/mol. The van der Waals surface area contributed by atoms with Crippen molar-refractivity contribution in [2.75, 3.05) is 16.8 Å². The highest BCUT2D eigenvalue weighted by molar-refractivity contribution is 9.10. The van der Waals surface area contributed by atoms with Crippen LogP contribution in [-0.2, 0) is 0 Å². The Balaban J connectivity index is 2.21. The lowest BCUT2D eigenvalue weighted by Gasteiger charge is -2.23. The van der Waals surface area contributed by atoms with E-state index in [2.05, 4.69) is 26.2 Å². The first kappa shape index (κ1) is 12.6. The Bertz CT molecular complexity index is 424. The Hall–Kier alpha value is -0.820. The van der Waals surface area contributed by atoms with Crippen LogP contribution in [0.2, 0.25) is 0 Å². The molecule has 1 aromatic rings. The number of anilines is 1. The number of nitrogens with zero attached hydrogens (tertiary/aromatic N) is 2. The Morgan fingerprint density at radius 2 is 2.18 bits per heavy atom. The summed E-state index contributed by atoms with van der Waals surface area (Å²) in [6.45, 7) is 0. The molecular weight excluding hydrogens is 306 g/mol. The third kappa shape index (κ3) is 3.10. The van der Waals surface area contributed by atoms with Crippen LogP contribution in [0.1, 0.15) is 12.8 Å². The third-order valence-electron chi connectivity index (χ3n) is 2.65. The predicted octanol–water partition coefficient (Wildman–Crippen LogP) is 3.06. The zero-order chi connectivity index (χ0) is 12.3. The lowest BCUT2D eigenvalue weighted by atomic mass is 10.1. The zero-order valence-electron chi connectivity index (χ0n) is 9.06. The molecule has 0 atom stereocenters. The van der Waals surface area contributed by atoms with E-state index in [1.54, 1.807) is 6.20 Å². The van der Waals surface area contributed by atoms with Crippen LogP contribution in [0.25, 0.3) is 0 Å². The zero-order valence-corrected chi connectivity index (χ0v) is 11.5. The van der Waals surface area contributed by atoms with Gasteiger partial charge in [0.1, 0.15) is 11.9 Å². The van der Waals surface area contributed by atoms with Crippen molar-refractivity contribution in [1.29, 1.82) is 0 Å². The van der Waals surface area contributed by atoms with Crippen LogP contribution in [0.5, 0.6) is 0 Å². The van der Waals surface area contributed by atoms with Crippen molar-refractivity contribution < 1.29 is 4.92 Å². The fourth-order valence-electron chi connectivity index (χ4n) is 1.75. The summed E-state index contributed by atoms with van der Waals surface area (Å²) in [4.78, 5) is 14.3. The van der Waals surface area contributed by atoms with E-state index in [9.17, 15) is 10.1 Å². The number of halogens is 1. The van der Waals surface area contributed by atoms with E-state index in [-0.39, 0.29) is 5.69 Å². The number of hydrogen-bond donors (Lipinski definition) is 1. The topological polar surface area (TPSA) is 68.1 Å². The summed E-state index contributed by atoms with van der Waals surface area (Å²) in [7, 11) is 0. The molecule has 5 nitrogen and oxygen atoms in total. The molecule has 0 spiro atoms. The van der Waals surface area contributed by atoms with Gasteiger partial charge >= 0.3 is 5.69 Å². The molecule has 7 heteroatoms. The summed E-state index contributed by atoms with van der Waals surface area (Å²) in [6, 6.07) is 0.314. The maximum atomic E-state index is 10.9. The van der Waals surface area contributed by atoms with Crippen molar-refractivity contribution in [2.24, 2.45) is 0 Å². The normalized spacial score (nSPS) is 16.8. The number of thioether (sulfide) groups is 1. The molecule has 1 saturated heterocycles. The van der Waals surface area contributed by atoms with Gasteiger partial charge in [0.2, 0.25) is 0 Å². The van der Waals surface area contributed by atoms with Gasteiger partial charge in [-0.25, -0.2) is 0 Å². The molecule has 2 rings (SSSR count). The van der Waals surface area contributed by atoms with Gasteiger partial charge in [0.05, 0.1) is 9.40 Å². The van der Waals surface area contributed by atoms with Crippen molar-refractivity contribution in [3.63, 3.8) is 0 Å². The number of rotatable bonds is 3. The predicted molar refractivity (Wildman–Crippen MR) is 72.6 cm³/mol. The van der Waals surface area contributed by atoms with Crippen LogP contribution < -0.4 is 5.32 Å². The van der Waals surface area contributed by atoms with Crippen molar-refractivity contribution in [1.82, 2.24) is 4.98 Å². The molecule has 92 valence electrons. The fourth-order valence-corrected chi connectivity index (χ4v) is 3.29. The lowest BCUT2D eigenvalue weighted by molar-refractivity contribution is -0.384. The van der Waals surface area contributed by atoms with E-state index >= 15 is 0 Å². The summed E-state index contributed by atoms with van der Waals surface area (Å²) in [5.41, 5.74) is 0.569. The SMILES string of the molecule is O=[N+]([O-])c1cncc(Br)c1NC1CCSCC1. The summed E-state index contributed by atoms with van der Waals surface area (Å²) in [5.74, 6) is 2.21. The summed E-state index contributed by atoms with van der Waals surface area (Å²) in [5, 5.41) is 14.2. The van der Waals surface area contributed by atoms with Gasteiger partial charge in [0.25, 0.3) is 0 Å². The van der Waals surface area contributed by atoms with E-state index in [1.807, 2.05) is 11.8 Å². The van der Waals surface area contributed by atoms with Crippen molar-refractivity contribution in [3.05, 3.63) is 27.0 Å². The van der Waals surface area contributed by atoms with Crippen LogP contribution in [-0.4, -0.2) is 27.5 Å². The molecule has 0 unspecified atom stereocenters. The van der Waals surface area contributed by atoms with E-state index in [4.69, 9.17) is 0 Å². The molecule has 0 aliphatic carbocycles. The smallest absolute Gasteiger partial charge is 0.311 e. The van der Waals surface area contributed by atoms with Gasteiger partial charge in [0.15, 0.2) is 0 Å². The maximum Gasteiger partial charge on any atom is 0.311 e. The molecule has 1 N–H and O–H groups in total. The molecule has 0 aromatic carbocycles. The Morgan fingerprint density at radius 3 is 2.82 bits per heavy atom. The van der Waals surface area contributed by atoms with Crippen LogP contribution in [0, 0.1) is 10.1 Å². The van der Waals surface area contributed by atoms with Gasteiger partial charge in [-0.15, -0.1) is 0 Å². The molecule has 0 radical (unpaired) electrons. The first-order chi connectivity index (χ1) is 8.18. The molecule has 1 aromatic heterocycles. The first-order valence-corrected chi connectivity index (χ1v) is 7.25. The molecule has 1 aliphatic rings. The fraction of sp³-hybridized carbons (Fsp3) is 0.500. The van der Waals surface area contributed by atoms with Crippen molar-refractivity contribution >= 4 is 39.1 Å². The van der Waals surface area contributed by atoms with E-state index in [1.165, 1.54) is 6.20 Å². The quantitative estimate of drug-likeness (QED) is 0.685. The molecule has 0 amide bonds. The minimum absolute atomic E-state index is 0.0256. The largest absolute Gasteiger partial charge is 0.376 e. The minimum Gasteiger partial charge on any atom is -0.376 e. The Kier molecular flexibility index (Phi) is 4.22. The minimum atomic E-state index is -0.405. The van der Waals surface area contributed by atoms with Gasteiger partial charge in [-0.05, 0) is 40.3 Å². The number of hydrogen-bond acceptors (Lipinski definition) is 5. The van der Waals surface area contributed by atoms with Crippen molar-refractivity contribution in [3.8, 4) is 0 Å². The van der Waals surface area contributed by atoms with Crippen LogP contribution in [0.15, 0.2) is 16.9 Å². The lowest BCUT2D eigenvalue weighted by Crippen LogP contribution is -2.25. The van der Waals surface area contributed by atoms with Crippen LogP contribution in [0.3, 0.4) is 0 Å². The second-order valence-electron chi connectivity index (χ2n) is 3.80. The molecule has 0 bridgehead atoms. The molecule has 2 heterocycles. The van der Waals surface area contributed by atoms with Gasteiger partial charge < -0.3 is 5.32 Å². The summed E-state index contributed by atoms with van der Waals surface area (Å²) >= 11 is 5.23. The molecule has 1 aliphatic heterocycles. The standard InChI is InChI=1S/C10H12BrN3O2S/c11-8-5-12-6-9(14(15)16)10(8)13-7-1-3-17-4-2-7/h5-7H,1-4H2,(H,12,13). The van der Waals surface area contributed by atoms with E-state index in [0.717, 1.165) is 24.3 Å². The molecular formula is C10H12BrN3O2S. The van der Waals surface area contributed by atoms with Gasteiger partial charge in [-0.1, -0.05) is 0 Å². The number of aromatic nitrogens is 1. The third-order valence-corrected chi connectivity index (χ3v) is 4.30. The maximum absolute atomic E-state index is 10.9. The highest BCUT2D eigenvalue weighted by Crippen LogP contribution is 2.33. The number of pyridine rings is 1. The second-order valence-corrected chi connectivity index (χ2v) is 5.88. The first-order valence-electron chi connectivity index (χ1n) is 5.30. The van der Waals surface area contributed by atoms with Gasteiger partial charge in [0, 0.05) is 12.2 Å². The van der Waals surface area contributed by atoms with Gasteiger partial charge in [-0.3, -0.25) is 15.1 Å². The number of nitrogens with one attached hydrogen (secondary N) is 1. The summed E-state index contributed by atoms with van der Waals surface area (Å²) < 4.78 is 0.643. The molecule has 1 fully saturated rings. The van der Waals surface area contributed by atoms with E-state index < -0.39 is 4.92 Å². The van der Waals surface area contributed by atoms with Crippen molar-refractivity contribution in [2.45, 2.75) is 18.9 Å².